The van der Waals surface area contributed by atoms with Crippen molar-refractivity contribution >= 4 is 10.2 Å². The van der Waals surface area contributed by atoms with Crippen LogP contribution in [0, 0.1) is 11.8 Å². The lowest BCUT2D eigenvalue weighted by Crippen LogP contribution is -2.52. The minimum atomic E-state index is -3.27. The summed E-state index contributed by atoms with van der Waals surface area (Å²) < 4.78 is 29.0. The lowest BCUT2D eigenvalue weighted by Gasteiger charge is -2.37. The molecule has 19 heavy (non-hydrogen) atoms. The molecule has 0 bridgehead atoms. The molecule has 0 amide bonds. The Morgan fingerprint density at radius 1 is 1.16 bits per heavy atom. The van der Waals surface area contributed by atoms with Crippen LogP contribution in [-0.2, 0) is 10.2 Å². The number of nitrogens with one attached hydrogen (secondary N) is 1. The smallest absolute Gasteiger partial charge is 0.282 e. The van der Waals surface area contributed by atoms with Crippen LogP contribution in [0.25, 0.3) is 0 Å². The summed E-state index contributed by atoms with van der Waals surface area (Å²) in [6.45, 7) is 7.05. The first-order valence-electron chi connectivity index (χ1n) is 7.38. The molecule has 2 aliphatic rings. The molecule has 0 saturated carbocycles. The minimum absolute atomic E-state index is 0.120. The van der Waals surface area contributed by atoms with Crippen LogP contribution in [0.15, 0.2) is 0 Å². The van der Waals surface area contributed by atoms with Gasteiger partial charge in [0.05, 0.1) is 0 Å². The SMILES string of the molecule is CNCC1CCCCN1S(=O)(=O)N1CC(C)C(C)C1. The van der Waals surface area contributed by atoms with Crippen LogP contribution in [-0.4, -0.2) is 56.3 Å². The van der Waals surface area contributed by atoms with Gasteiger partial charge in [-0.15, -0.1) is 0 Å². The summed E-state index contributed by atoms with van der Waals surface area (Å²) in [6.07, 6.45) is 3.09. The first-order valence-corrected chi connectivity index (χ1v) is 8.78. The second-order valence-electron chi connectivity index (χ2n) is 6.10. The van der Waals surface area contributed by atoms with Crippen molar-refractivity contribution < 1.29 is 8.42 Å². The van der Waals surface area contributed by atoms with Crippen LogP contribution in [0.2, 0.25) is 0 Å². The molecule has 5 nitrogen and oxygen atoms in total. The van der Waals surface area contributed by atoms with E-state index in [9.17, 15) is 8.42 Å². The average Bonchev–Trinajstić information content (AvgIpc) is 2.71. The van der Waals surface area contributed by atoms with E-state index in [0.29, 0.717) is 31.5 Å². The second kappa shape index (κ2) is 6.08. The van der Waals surface area contributed by atoms with Crippen molar-refractivity contribution in [2.24, 2.45) is 11.8 Å². The Hall–Kier alpha value is -0.170. The zero-order valence-corrected chi connectivity index (χ0v) is 13.1. The number of piperidine rings is 1. The van der Waals surface area contributed by atoms with Crippen molar-refractivity contribution in [2.45, 2.75) is 39.2 Å². The fourth-order valence-corrected chi connectivity index (χ4v) is 5.19. The van der Waals surface area contributed by atoms with Gasteiger partial charge in [-0.25, -0.2) is 0 Å². The van der Waals surface area contributed by atoms with Crippen LogP contribution in [0.4, 0.5) is 0 Å². The van der Waals surface area contributed by atoms with Gasteiger partial charge < -0.3 is 5.32 Å². The Morgan fingerprint density at radius 3 is 2.37 bits per heavy atom. The third kappa shape index (κ3) is 3.12. The fourth-order valence-electron chi connectivity index (χ4n) is 3.13. The van der Waals surface area contributed by atoms with Crippen molar-refractivity contribution in [3.8, 4) is 0 Å². The lowest BCUT2D eigenvalue weighted by molar-refractivity contribution is 0.232. The van der Waals surface area contributed by atoms with E-state index in [0.717, 1.165) is 25.8 Å². The zero-order chi connectivity index (χ0) is 14.0. The summed E-state index contributed by atoms with van der Waals surface area (Å²) in [5.74, 6) is 0.921. The van der Waals surface area contributed by atoms with Gasteiger partial charge in [0, 0.05) is 32.2 Å². The normalized spacial score (nSPS) is 34.8. The average molecular weight is 289 g/mol. The van der Waals surface area contributed by atoms with Gasteiger partial charge in [-0.1, -0.05) is 20.3 Å². The Kier molecular flexibility index (Phi) is 4.87. The van der Waals surface area contributed by atoms with E-state index >= 15 is 0 Å². The monoisotopic (exact) mass is 289 g/mol. The summed E-state index contributed by atoms with van der Waals surface area (Å²) in [5.41, 5.74) is 0. The first-order chi connectivity index (χ1) is 8.96. The molecule has 6 heteroatoms. The van der Waals surface area contributed by atoms with Crippen molar-refractivity contribution in [3.05, 3.63) is 0 Å². The van der Waals surface area contributed by atoms with E-state index in [-0.39, 0.29) is 6.04 Å². The number of hydrogen-bond donors (Lipinski definition) is 1. The molecule has 0 aromatic carbocycles. The van der Waals surface area contributed by atoms with Crippen LogP contribution >= 0.6 is 0 Å². The summed E-state index contributed by atoms with van der Waals surface area (Å²) in [6, 6.07) is 0.120. The maximum absolute atomic E-state index is 12.8. The molecule has 112 valence electrons. The minimum Gasteiger partial charge on any atom is -0.318 e. The van der Waals surface area contributed by atoms with Crippen LogP contribution in [0.1, 0.15) is 33.1 Å². The predicted molar refractivity (Wildman–Crippen MR) is 77.1 cm³/mol. The van der Waals surface area contributed by atoms with E-state index in [4.69, 9.17) is 0 Å². The fraction of sp³-hybridized carbons (Fsp3) is 1.00. The highest BCUT2D eigenvalue weighted by Crippen LogP contribution is 2.29. The number of rotatable bonds is 4. The van der Waals surface area contributed by atoms with E-state index in [1.54, 1.807) is 8.61 Å². The zero-order valence-electron chi connectivity index (χ0n) is 12.3. The van der Waals surface area contributed by atoms with Gasteiger partial charge in [0.15, 0.2) is 0 Å². The number of likely N-dealkylation sites (N-methyl/N-ethyl adjacent to an activating group) is 1. The Bertz CT molecular complexity index is 387. The molecule has 2 heterocycles. The summed E-state index contributed by atoms with van der Waals surface area (Å²) in [7, 11) is -1.38. The van der Waals surface area contributed by atoms with Crippen LogP contribution in [0.3, 0.4) is 0 Å². The molecule has 2 fully saturated rings. The summed E-state index contributed by atoms with van der Waals surface area (Å²) in [4.78, 5) is 0. The quantitative estimate of drug-likeness (QED) is 0.836. The number of hydrogen-bond acceptors (Lipinski definition) is 3. The third-order valence-corrected chi connectivity index (χ3v) is 6.61. The molecular formula is C13H27N3O2S. The highest BCUT2D eigenvalue weighted by atomic mass is 32.2. The van der Waals surface area contributed by atoms with Gasteiger partial charge in [-0.05, 0) is 31.7 Å². The Morgan fingerprint density at radius 2 is 1.79 bits per heavy atom. The van der Waals surface area contributed by atoms with Gasteiger partial charge in [0.2, 0.25) is 0 Å². The molecule has 2 aliphatic heterocycles. The highest BCUT2D eigenvalue weighted by molar-refractivity contribution is 7.86. The van der Waals surface area contributed by atoms with Gasteiger partial charge in [0.25, 0.3) is 10.2 Å². The first kappa shape index (κ1) is 15.2. The van der Waals surface area contributed by atoms with Crippen molar-refractivity contribution in [2.75, 3.05) is 33.2 Å². The van der Waals surface area contributed by atoms with Crippen molar-refractivity contribution in [3.63, 3.8) is 0 Å². The topological polar surface area (TPSA) is 52.7 Å². The molecule has 1 N–H and O–H groups in total. The lowest BCUT2D eigenvalue weighted by atomic mass is 10.0. The molecule has 0 aromatic heterocycles. The summed E-state index contributed by atoms with van der Waals surface area (Å²) in [5, 5.41) is 3.12. The second-order valence-corrected chi connectivity index (χ2v) is 7.98. The van der Waals surface area contributed by atoms with Crippen molar-refractivity contribution in [1.29, 1.82) is 0 Å². The molecular weight excluding hydrogens is 262 g/mol. The number of nitrogens with zero attached hydrogens (tertiary/aromatic N) is 2. The molecule has 2 rings (SSSR count). The predicted octanol–water partition coefficient (Wildman–Crippen LogP) is 0.893. The third-order valence-electron chi connectivity index (χ3n) is 4.59. The molecule has 0 spiro atoms. The maximum Gasteiger partial charge on any atom is 0.282 e. The summed E-state index contributed by atoms with van der Waals surface area (Å²) >= 11 is 0. The standard InChI is InChI=1S/C13H27N3O2S/c1-11-9-15(10-12(11)2)19(17,18)16-7-5-4-6-13(16)8-14-3/h11-14H,4-10H2,1-3H3. The molecule has 0 aromatic rings. The maximum atomic E-state index is 12.8. The molecule has 2 saturated heterocycles. The Balaban J connectivity index is 2.13. The van der Waals surface area contributed by atoms with Gasteiger partial charge in [-0.3, -0.25) is 0 Å². The van der Waals surface area contributed by atoms with E-state index in [2.05, 4.69) is 19.2 Å². The van der Waals surface area contributed by atoms with E-state index in [1.807, 2.05) is 7.05 Å². The molecule has 0 aliphatic carbocycles. The largest absolute Gasteiger partial charge is 0.318 e. The van der Waals surface area contributed by atoms with Gasteiger partial charge >= 0.3 is 0 Å². The van der Waals surface area contributed by atoms with Gasteiger partial charge in [0.1, 0.15) is 0 Å². The van der Waals surface area contributed by atoms with Gasteiger partial charge in [-0.2, -0.15) is 17.0 Å². The molecule has 3 atom stereocenters. The van der Waals surface area contributed by atoms with Crippen LogP contribution in [0.5, 0.6) is 0 Å². The van der Waals surface area contributed by atoms with E-state index in [1.165, 1.54) is 0 Å². The van der Waals surface area contributed by atoms with Crippen molar-refractivity contribution in [1.82, 2.24) is 13.9 Å². The Labute approximate surface area is 117 Å². The highest BCUT2D eigenvalue weighted by Gasteiger charge is 2.40. The van der Waals surface area contributed by atoms with E-state index < -0.39 is 10.2 Å². The molecule has 0 radical (unpaired) electrons. The van der Waals surface area contributed by atoms with Crippen LogP contribution < -0.4 is 5.32 Å². The molecule has 3 unspecified atom stereocenters.